The van der Waals surface area contributed by atoms with Crippen molar-refractivity contribution in [1.82, 2.24) is 14.8 Å². The Morgan fingerprint density at radius 2 is 1.94 bits per heavy atom. The summed E-state index contributed by atoms with van der Waals surface area (Å²) in [7, 11) is 0. The summed E-state index contributed by atoms with van der Waals surface area (Å²) < 4.78 is 10.7. The van der Waals surface area contributed by atoms with Gasteiger partial charge < -0.3 is 14.4 Å². The van der Waals surface area contributed by atoms with Gasteiger partial charge in [-0.25, -0.2) is 0 Å². The average molecular weight is 421 g/mol. The minimum atomic E-state index is -0.0244. The monoisotopic (exact) mass is 420 g/mol. The minimum absolute atomic E-state index is 0.0160. The molecule has 2 heterocycles. The van der Waals surface area contributed by atoms with Crippen LogP contribution in [0, 0.1) is 11.3 Å². The Balaban J connectivity index is 1.58. The molecule has 0 bridgehead atoms. The number of rotatable bonds is 10. The Bertz CT molecular complexity index is 872. The summed E-state index contributed by atoms with van der Waals surface area (Å²) >= 11 is 0. The molecule has 0 saturated carbocycles. The highest BCUT2D eigenvalue weighted by Crippen LogP contribution is 2.14. The van der Waals surface area contributed by atoms with Crippen LogP contribution < -0.4 is 4.74 Å². The Morgan fingerprint density at radius 3 is 2.65 bits per heavy atom. The molecule has 3 rings (SSSR count). The SMILES string of the molecule is N#CCOc1ccc(/C=C/C(=O)N(CCCN2CCOCC2)Cc2ccncc2)cc1. The fourth-order valence-corrected chi connectivity index (χ4v) is 3.35. The molecule has 0 unspecified atom stereocenters. The van der Waals surface area contributed by atoms with Gasteiger partial charge in [-0.3, -0.25) is 14.7 Å². The number of amides is 1. The van der Waals surface area contributed by atoms with Crippen LogP contribution in [-0.2, 0) is 16.1 Å². The first kappa shape index (κ1) is 22.5. The van der Waals surface area contributed by atoms with Crippen molar-refractivity contribution in [2.75, 3.05) is 46.0 Å². The largest absolute Gasteiger partial charge is 0.479 e. The molecule has 1 fully saturated rings. The molecule has 0 atom stereocenters. The number of nitriles is 1. The first-order valence-electron chi connectivity index (χ1n) is 10.5. The van der Waals surface area contributed by atoms with E-state index >= 15 is 0 Å². The molecule has 1 saturated heterocycles. The Hall–Kier alpha value is -3.21. The Labute approximate surface area is 183 Å². The fourth-order valence-electron chi connectivity index (χ4n) is 3.35. The first-order valence-corrected chi connectivity index (χ1v) is 10.5. The molecule has 1 aliphatic rings. The van der Waals surface area contributed by atoms with Gasteiger partial charge >= 0.3 is 0 Å². The van der Waals surface area contributed by atoms with E-state index in [2.05, 4.69) is 9.88 Å². The standard InChI is InChI=1S/C24H28N4O3/c25-10-17-31-23-5-2-21(3-6-23)4-7-24(29)28(20-22-8-11-26-12-9-22)14-1-13-27-15-18-30-19-16-27/h2-9,11-12H,1,13-20H2/b7-4+. The smallest absolute Gasteiger partial charge is 0.246 e. The minimum Gasteiger partial charge on any atom is -0.479 e. The summed E-state index contributed by atoms with van der Waals surface area (Å²) in [5.41, 5.74) is 1.96. The van der Waals surface area contributed by atoms with Crippen molar-refractivity contribution in [3.63, 3.8) is 0 Å². The van der Waals surface area contributed by atoms with Gasteiger partial charge in [0.1, 0.15) is 11.8 Å². The molecule has 31 heavy (non-hydrogen) atoms. The second-order valence-corrected chi connectivity index (χ2v) is 7.27. The second-order valence-electron chi connectivity index (χ2n) is 7.27. The molecule has 0 aliphatic carbocycles. The van der Waals surface area contributed by atoms with Gasteiger partial charge in [0, 0.05) is 51.2 Å². The number of hydrogen-bond donors (Lipinski definition) is 0. The van der Waals surface area contributed by atoms with Crippen molar-refractivity contribution in [1.29, 1.82) is 5.26 Å². The molecule has 7 heteroatoms. The lowest BCUT2D eigenvalue weighted by atomic mass is 10.2. The number of benzene rings is 1. The van der Waals surface area contributed by atoms with Crippen LogP contribution in [0.1, 0.15) is 17.5 Å². The van der Waals surface area contributed by atoms with E-state index < -0.39 is 0 Å². The van der Waals surface area contributed by atoms with Crippen molar-refractivity contribution in [3.05, 3.63) is 66.0 Å². The fraction of sp³-hybridized carbons (Fsp3) is 0.375. The average Bonchev–Trinajstić information content (AvgIpc) is 2.82. The van der Waals surface area contributed by atoms with Gasteiger partial charge in [-0.1, -0.05) is 12.1 Å². The highest BCUT2D eigenvalue weighted by atomic mass is 16.5. The van der Waals surface area contributed by atoms with Gasteiger partial charge in [0.05, 0.1) is 13.2 Å². The van der Waals surface area contributed by atoms with Crippen LogP contribution in [0.3, 0.4) is 0 Å². The van der Waals surface area contributed by atoms with E-state index in [9.17, 15) is 4.79 Å². The molecule has 2 aromatic rings. The molecule has 7 nitrogen and oxygen atoms in total. The molecule has 1 amide bonds. The Morgan fingerprint density at radius 1 is 1.19 bits per heavy atom. The Kier molecular flexibility index (Phi) is 9.05. The topological polar surface area (TPSA) is 78.7 Å². The maximum Gasteiger partial charge on any atom is 0.246 e. The van der Waals surface area contributed by atoms with Gasteiger partial charge in [0.25, 0.3) is 0 Å². The summed E-state index contributed by atoms with van der Waals surface area (Å²) in [5.74, 6) is 0.607. The zero-order chi connectivity index (χ0) is 21.7. The molecular formula is C24H28N4O3. The summed E-state index contributed by atoms with van der Waals surface area (Å²) in [6.07, 6.45) is 7.82. The summed E-state index contributed by atoms with van der Waals surface area (Å²) in [6, 6.07) is 13.1. The van der Waals surface area contributed by atoms with E-state index in [0.29, 0.717) is 18.8 Å². The van der Waals surface area contributed by atoms with E-state index in [1.54, 1.807) is 36.7 Å². The highest BCUT2D eigenvalue weighted by molar-refractivity contribution is 5.91. The van der Waals surface area contributed by atoms with Crippen LogP contribution in [0.4, 0.5) is 0 Å². The predicted molar refractivity (Wildman–Crippen MR) is 118 cm³/mol. The van der Waals surface area contributed by atoms with E-state index in [-0.39, 0.29) is 12.5 Å². The van der Waals surface area contributed by atoms with E-state index in [0.717, 1.165) is 50.4 Å². The van der Waals surface area contributed by atoms with E-state index in [4.69, 9.17) is 14.7 Å². The van der Waals surface area contributed by atoms with Gasteiger partial charge in [-0.05, 0) is 47.9 Å². The quantitative estimate of drug-likeness (QED) is 0.550. The number of morpholine rings is 1. The van der Waals surface area contributed by atoms with Crippen molar-refractivity contribution < 1.29 is 14.3 Å². The number of aromatic nitrogens is 1. The van der Waals surface area contributed by atoms with Crippen LogP contribution >= 0.6 is 0 Å². The van der Waals surface area contributed by atoms with Crippen LogP contribution in [-0.4, -0.2) is 66.7 Å². The molecule has 1 aliphatic heterocycles. The van der Waals surface area contributed by atoms with Crippen molar-refractivity contribution >= 4 is 12.0 Å². The third-order valence-corrected chi connectivity index (χ3v) is 5.04. The van der Waals surface area contributed by atoms with Crippen LogP contribution in [0.2, 0.25) is 0 Å². The van der Waals surface area contributed by atoms with Gasteiger partial charge in [0.15, 0.2) is 6.61 Å². The van der Waals surface area contributed by atoms with Crippen LogP contribution in [0.5, 0.6) is 5.75 Å². The predicted octanol–water partition coefficient (Wildman–Crippen LogP) is 2.75. The number of hydrogen-bond acceptors (Lipinski definition) is 6. The number of carbonyl (C=O) groups is 1. The third-order valence-electron chi connectivity index (χ3n) is 5.04. The lowest BCUT2D eigenvalue weighted by Gasteiger charge is -2.28. The zero-order valence-corrected chi connectivity index (χ0v) is 17.7. The summed E-state index contributed by atoms with van der Waals surface area (Å²) in [4.78, 5) is 21.3. The number of carbonyl (C=O) groups excluding carboxylic acids is 1. The van der Waals surface area contributed by atoms with Crippen molar-refractivity contribution in [2.24, 2.45) is 0 Å². The summed E-state index contributed by atoms with van der Waals surface area (Å²) in [5, 5.41) is 8.58. The van der Waals surface area contributed by atoms with Gasteiger partial charge in [-0.2, -0.15) is 5.26 Å². The lowest BCUT2D eigenvalue weighted by molar-refractivity contribution is -0.126. The number of pyridine rings is 1. The molecule has 0 N–H and O–H groups in total. The molecule has 1 aromatic heterocycles. The lowest BCUT2D eigenvalue weighted by Crippen LogP contribution is -2.38. The molecular weight excluding hydrogens is 392 g/mol. The summed E-state index contributed by atoms with van der Waals surface area (Å²) in [6.45, 7) is 5.67. The number of nitrogens with zero attached hydrogens (tertiary/aromatic N) is 4. The maximum atomic E-state index is 12.9. The first-order chi connectivity index (χ1) is 15.2. The van der Waals surface area contributed by atoms with Gasteiger partial charge in [0.2, 0.25) is 5.91 Å². The molecule has 162 valence electrons. The van der Waals surface area contributed by atoms with Crippen molar-refractivity contribution in [3.8, 4) is 11.8 Å². The molecule has 0 spiro atoms. The third kappa shape index (κ3) is 7.85. The second kappa shape index (κ2) is 12.5. The van der Waals surface area contributed by atoms with Crippen LogP contribution in [0.25, 0.3) is 6.08 Å². The molecule has 1 aromatic carbocycles. The van der Waals surface area contributed by atoms with Crippen molar-refractivity contribution in [2.45, 2.75) is 13.0 Å². The zero-order valence-electron chi connectivity index (χ0n) is 17.7. The van der Waals surface area contributed by atoms with Crippen LogP contribution in [0.15, 0.2) is 54.9 Å². The molecule has 0 radical (unpaired) electrons. The number of ether oxygens (including phenoxy) is 2. The normalized spacial score (nSPS) is 14.3. The van der Waals surface area contributed by atoms with Gasteiger partial charge in [-0.15, -0.1) is 0 Å². The van der Waals surface area contributed by atoms with E-state index in [1.165, 1.54) is 0 Å². The highest BCUT2D eigenvalue weighted by Gasteiger charge is 2.14. The van der Waals surface area contributed by atoms with E-state index in [1.807, 2.05) is 35.2 Å². The maximum absolute atomic E-state index is 12.9.